The minimum atomic E-state index is 0.0563. The fourth-order valence-electron chi connectivity index (χ4n) is 2.88. The van der Waals surface area contributed by atoms with Crippen LogP contribution in [0.25, 0.3) is 0 Å². The molecule has 2 heterocycles. The van der Waals surface area contributed by atoms with Gasteiger partial charge in [-0.25, -0.2) is 0 Å². The molecular formula is C18H24N4O3S. The molecule has 0 aromatic carbocycles. The quantitative estimate of drug-likeness (QED) is 0.626. The zero-order chi connectivity index (χ0) is 18.2. The number of amides is 1. The lowest BCUT2D eigenvalue weighted by Gasteiger charge is -2.27. The number of methoxy groups -OCH3 is 1. The van der Waals surface area contributed by atoms with Crippen molar-refractivity contribution in [3.63, 3.8) is 0 Å². The van der Waals surface area contributed by atoms with Crippen LogP contribution in [0.2, 0.25) is 0 Å². The van der Waals surface area contributed by atoms with E-state index >= 15 is 0 Å². The standard InChI is InChI=1S/C18H24N4O3S/c1-24-11-9-21-14-19-20-18(21)26-13-17(23)22(12-16-8-5-10-25-16)15-6-3-2-4-7-15/h5-6,8,10,14H,2-4,7,9,11-13H2,1H3. The Morgan fingerprint density at radius 1 is 1.46 bits per heavy atom. The number of ether oxygens (including phenoxy) is 1. The van der Waals surface area contributed by atoms with Crippen molar-refractivity contribution in [1.29, 1.82) is 0 Å². The number of hydrogen-bond donors (Lipinski definition) is 0. The lowest BCUT2D eigenvalue weighted by atomic mass is 10.0. The molecule has 0 bridgehead atoms. The SMILES string of the molecule is COCCn1cnnc1SCC(=O)N(Cc1ccco1)C1=CCCCC1. The smallest absolute Gasteiger partial charge is 0.237 e. The second-order valence-electron chi connectivity index (χ2n) is 6.09. The molecule has 0 N–H and O–H groups in total. The van der Waals surface area contributed by atoms with E-state index in [0.29, 0.717) is 25.4 Å². The summed E-state index contributed by atoms with van der Waals surface area (Å²) in [5, 5.41) is 8.77. The summed E-state index contributed by atoms with van der Waals surface area (Å²) in [6.45, 7) is 1.72. The van der Waals surface area contributed by atoms with Crippen molar-refractivity contribution >= 4 is 17.7 Å². The van der Waals surface area contributed by atoms with Gasteiger partial charge in [-0.05, 0) is 37.8 Å². The molecule has 2 aromatic heterocycles. The van der Waals surface area contributed by atoms with Crippen LogP contribution in [-0.2, 0) is 22.6 Å². The van der Waals surface area contributed by atoms with E-state index in [1.807, 2.05) is 21.6 Å². The lowest BCUT2D eigenvalue weighted by Crippen LogP contribution is -2.32. The van der Waals surface area contributed by atoms with Crippen LogP contribution in [0.5, 0.6) is 0 Å². The molecule has 8 heteroatoms. The van der Waals surface area contributed by atoms with Gasteiger partial charge in [0.05, 0.1) is 25.2 Å². The number of carbonyl (C=O) groups excluding carboxylic acids is 1. The summed E-state index contributed by atoms with van der Waals surface area (Å²) in [7, 11) is 1.66. The minimum absolute atomic E-state index is 0.0563. The van der Waals surface area contributed by atoms with Crippen LogP contribution in [0, 0.1) is 0 Å². The zero-order valence-electron chi connectivity index (χ0n) is 15.0. The van der Waals surface area contributed by atoms with Crippen molar-refractivity contribution in [2.45, 2.75) is 43.9 Å². The van der Waals surface area contributed by atoms with Crippen LogP contribution in [0.4, 0.5) is 0 Å². The summed E-state index contributed by atoms with van der Waals surface area (Å²) in [6.07, 6.45) is 9.74. The van der Waals surface area contributed by atoms with Crippen LogP contribution in [-0.4, -0.2) is 45.0 Å². The van der Waals surface area contributed by atoms with E-state index in [-0.39, 0.29) is 5.91 Å². The van der Waals surface area contributed by atoms with Crippen LogP contribution in [0.15, 0.2) is 46.1 Å². The molecule has 0 radical (unpaired) electrons. The predicted octanol–water partition coefficient (Wildman–Crippen LogP) is 3.10. The largest absolute Gasteiger partial charge is 0.467 e. The van der Waals surface area contributed by atoms with E-state index < -0.39 is 0 Å². The fraction of sp³-hybridized carbons (Fsp3) is 0.500. The molecule has 3 rings (SSSR count). The summed E-state index contributed by atoms with van der Waals surface area (Å²) in [6, 6.07) is 3.75. The zero-order valence-corrected chi connectivity index (χ0v) is 15.8. The van der Waals surface area contributed by atoms with Crippen molar-refractivity contribution in [2.24, 2.45) is 0 Å². The lowest BCUT2D eigenvalue weighted by molar-refractivity contribution is -0.127. The number of allylic oxidation sites excluding steroid dienone is 2. The number of thioether (sulfide) groups is 1. The molecule has 0 atom stereocenters. The first-order valence-electron chi connectivity index (χ1n) is 8.79. The number of rotatable bonds is 9. The van der Waals surface area contributed by atoms with Crippen LogP contribution >= 0.6 is 11.8 Å². The average molecular weight is 376 g/mol. The third-order valence-corrected chi connectivity index (χ3v) is 5.22. The van der Waals surface area contributed by atoms with Gasteiger partial charge in [0.2, 0.25) is 5.91 Å². The summed E-state index contributed by atoms with van der Waals surface area (Å²) < 4.78 is 12.4. The Labute approximate surface area is 157 Å². The highest BCUT2D eigenvalue weighted by Gasteiger charge is 2.21. The number of nitrogens with zero attached hydrogens (tertiary/aromatic N) is 4. The van der Waals surface area contributed by atoms with E-state index in [0.717, 1.165) is 35.9 Å². The van der Waals surface area contributed by atoms with E-state index in [1.54, 1.807) is 19.7 Å². The second-order valence-corrected chi connectivity index (χ2v) is 7.03. The average Bonchev–Trinajstić information content (AvgIpc) is 3.35. The topological polar surface area (TPSA) is 73.4 Å². The van der Waals surface area contributed by atoms with Gasteiger partial charge in [-0.2, -0.15) is 0 Å². The van der Waals surface area contributed by atoms with Crippen LogP contribution < -0.4 is 0 Å². The Kier molecular flexibility index (Phi) is 6.90. The van der Waals surface area contributed by atoms with Gasteiger partial charge >= 0.3 is 0 Å². The van der Waals surface area contributed by atoms with Crippen LogP contribution in [0.1, 0.15) is 31.4 Å². The van der Waals surface area contributed by atoms with Crippen molar-refractivity contribution < 1.29 is 13.9 Å². The molecule has 2 aromatic rings. The van der Waals surface area contributed by atoms with Gasteiger partial charge in [-0.1, -0.05) is 17.8 Å². The minimum Gasteiger partial charge on any atom is -0.467 e. The van der Waals surface area contributed by atoms with Gasteiger partial charge in [-0.15, -0.1) is 10.2 Å². The van der Waals surface area contributed by atoms with Gasteiger partial charge in [0.1, 0.15) is 12.1 Å². The third-order valence-electron chi connectivity index (χ3n) is 4.25. The monoisotopic (exact) mass is 376 g/mol. The normalized spacial score (nSPS) is 14.3. The number of aromatic nitrogens is 3. The first-order chi connectivity index (χ1) is 12.8. The van der Waals surface area contributed by atoms with E-state index in [2.05, 4.69) is 16.3 Å². The molecule has 26 heavy (non-hydrogen) atoms. The third kappa shape index (κ3) is 4.98. The molecule has 140 valence electrons. The molecule has 0 saturated heterocycles. The molecule has 0 saturated carbocycles. The van der Waals surface area contributed by atoms with Crippen molar-refractivity contribution in [3.05, 3.63) is 42.3 Å². The Balaban J connectivity index is 1.65. The van der Waals surface area contributed by atoms with Crippen molar-refractivity contribution in [2.75, 3.05) is 19.5 Å². The molecule has 0 aliphatic heterocycles. The molecular weight excluding hydrogens is 352 g/mol. The Hall–Kier alpha value is -2.06. The highest BCUT2D eigenvalue weighted by molar-refractivity contribution is 7.99. The van der Waals surface area contributed by atoms with Gasteiger partial charge < -0.3 is 18.6 Å². The summed E-state index contributed by atoms with van der Waals surface area (Å²) >= 11 is 1.40. The first kappa shape index (κ1) is 18.7. The molecule has 0 unspecified atom stereocenters. The van der Waals surface area contributed by atoms with Crippen molar-refractivity contribution in [1.82, 2.24) is 19.7 Å². The van der Waals surface area contributed by atoms with Gasteiger partial charge in [0.15, 0.2) is 5.16 Å². The summed E-state index contributed by atoms with van der Waals surface area (Å²) in [5.41, 5.74) is 1.10. The fourth-order valence-corrected chi connectivity index (χ4v) is 3.70. The predicted molar refractivity (Wildman–Crippen MR) is 98.4 cm³/mol. The second kappa shape index (κ2) is 9.59. The number of hydrogen-bond acceptors (Lipinski definition) is 6. The Morgan fingerprint density at radius 2 is 2.38 bits per heavy atom. The van der Waals surface area contributed by atoms with E-state index in [4.69, 9.17) is 9.15 Å². The molecule has 0 fully saturated rings. The maximum Gasteiger partial charge on any atom is 0.237 e. The molecule has 7 nitrogen and oxygen atoms in total. The van der Waals surface area contributed by atoms with Gasteiger partial charge in [0.25, 0.3) is 0 Å². The maximum absolute atomic E-state index is 12.9. The van der Waals surface area contributed by atoms with Gasteiger partial charge in [0, 0.05) is 19.4 Å². The number of furan rings is 1. The van der Waals surface area contributed by atoms with E-state index in [9.17, 15) is 4.79 Å². The molecule has 1 aliphatic rings. The molecule has 0 spiro atoms. The van der Waals surface area contributed by atoms with E-state index in [1.165, 1.54) is 18.2 Å². The maximum atomic E-state index is 12.9. The molecule has 1 aliphatic carbocycles. The highest BCUT2D eigenvalue weighted by atomic mass is 32.2. The van der Waals surface area contributed by atoms with Crippen LogP contribution in [0.3, 0.4) is 0 Å². The Morgan fingerprint density at radius 3 is 3.12 bits per heavy atom. The summed E-state index contributed by atoms with van der Waals surface area (Å²) in [4.78, 5) is 14.8. The van der Waals surface area contributed by atoms with Crippen molar-refractivity contribution in [3.8, 4) is 0 Å². The first-order valence-corrected chi connectivity index (χ1v) is 9.78. The highest BCUT2D eigenvalue weighted by Crippen LogP contribution is 2.25. The van der Waals surface area contributed by atoms with Gasteiger partial charge in [-0.3, -0.25) is 4.79 Å². The Bertz CT molecular complexity index is 727. The molecule has 1 amide bonds. The summed E-state index contributed by atoms with van der Waals surface area (Å²) in [5.74, 6) is 1.16. The number of carbonyl (C=O) groups is 1.